The van der Waals surface area contributed by atoms with Crippen molar-refractivity contribution in [1.82, 2.24) is 9.97 Å². The van der Waals surface area contributed by atoms with Gasteiger partial charge in [-0.1, -0.05) is 23.7 Å². The molecule has 0 fully saturated rings. The summed E-state index contributed by atoms with van der Waals surface area (Å²) < 4.78 is 13.2. The molecule has 0 amide bonds. The van der Waals surface area contributed by atoms with Gasteiger partial charge in [-0.25, -0.2) is 14.4 Å². The highest BCUT2D eigenvalue weighted by Crippen LogP contribution is 2.18. The monoisotopic (exact) mass is 279 g/mol. The van der Waals surface area contributed by atoms with Gasteiger partial charge in [0.15, 0.2) is 0 Å². The maximum Gasteiger partial charge on any atom is 0.134 e. The third kappa shape index (κ3) is 3.64. The molecule has 0 saturated heterocycles. The van der Waals surface area contributed by atoms with Gasteiger partial charge in [-0.2, -0.15) is 0 Å². The third-order valence-electron chi connectivity index (χ3n) is 2.76. The van der Waals surface area contributed by atoms with E-state index in [9.17, 15) is 4.39 Å². The first-order valence-corrected chi connectivity index (χ1v) is 6.47. The number of hydrogen-bond acceptors (Lipinski definition) is 3. The predicted molar refractivity (Wildman–Crippen MR) is 74.9 cm³/mol. The first-order chi connectivity index (χ1) is 9.08. The fourth-order valence-electron chi connectivity index (χ4n) is 1.89. The second kappa shape index (κ2) is 5.97. The normalized spacial score (nSPS) is 10.5. The molecule has 19 heavy (non-hydrogen) atoms. The van der Waals surface area contributed by atoms with E-state index in [1.54, 1.807) is 19.1 Å². The molecule has 2 aromatic rings. The topological polar surface area (TPSA) is 29.0 Å². The van der Waals surface area contributed by atoms with Crippen LogP contribution in [0, 0.1) is 12.7 Å². The zero-order valence-electron chi connectivity index (χ0n) is 10.9. The minimum atomic E-state index is -0.231. The van der Waals surface area contributed by atoms with Crippen LogP contribution in [0.5, 0.6) is 0 Å². The van der Waals surface area contributed by atoms with E-state index < -0.39 is 0 Å². The van der Waals surface area contributed by atoms with Gasteiger partial charge in [-0.15, -0.1) is 0 Å². The lowest BCUT2D eigenvalue weighted by Crippen LogP contribution is -2.23. The first kappa shape index (κ1) is 13.7. The largest absolute Gasteiger partial charge is 0.352 e. The van der Waals surface area contributed by atoms with Crippen LogP contribution in [0.15, 0.2) is 30.3 Å². The van der Waals surface area contributed by atoms with Gasteiger partial charge in [-0.3, -0.25) is 0 Å². The summed E-state index contributed by atoms with van der Waals surface area (Å²) in [6.07, 6.45) is 0. The molecule has 1 heterocycles. The number of nitrogens with zero attached hydrogens (tertiary/aromatic N) is 3. The Morgan fingerprint density at radius 3 is 2.68 bits per heavy atom. The molecule has 100 valence electrons. The van der Waals surface area contributed by atoms with Crippen molar-refractivity contribution in [2.45, 2.75) is 20.4 Å². The lowest BCUT2D eigenvalue weighted by molar-refractivity contribution is 0.624. The molecule has 0 atom stereocenters. The number of benzene rings is 1. The van der Waals surface area contributed by atoms with Gasteiger partial charge >= 0.3 is 0 Å². The van der Waals surface area contributed by atoms with E-state index in [0.717, 1.165) is 17.9 Å². The Balaban J connectivity index is 2.24. The fraction of sp³-hybridized carbons (Fsp3) is 0.286. The van der Waals surface area contributed by atoms with Crippen LogP contribution in [-0.4, -0.2) is 16.5 Å². The van der Waals surface area contributed by atoms with Crippen LogP contribution in [0.1, 0.15) is 18.3 Å². The van der Waals surface area contributed by atoms with Crippen molar-refractivity contribution in [3.63, 3.8) is 0 Å². The van der Waals surface area contributed by atoms with Crippen LogP contribution < -0.4 is 4.90 Å². The second-order valence-corrected chi connectivity index (χ2v) is 4.63. The summed E-state index contributed by atoms with van der Waals surface area (Å²) in [5.74, 6) is 1.15. The van der Waals surface area contributed by atoms with Crippen LogP contribution in [0.25, 0.3) is 0 Å². The highest BCUT2D eigenvalue weighted by Gasteiger charge is 2.09. The van der Waals surface area contributed by atoms with Crippen molar-refractivity contribution in [1.29, 1.82) is 0 Å². The molecular weight excluding hydrogens is 265 g/mol. The van der Waals surface area contributed by atoms with Gasteiger partial charge in [0.05, 0.1) is 0 Å². The van der Waals surface area contributed by atoms with Crippen LogP contribution in [0.2, 0.25) is 5.15 Å². The third-order valence-corrected chi connectivity index (χ3v) is 2.95. The lowest BCUT2D eigenvalue weighted by Gasteiger charge is -2.22. The van der Waals surface area contributed by atoms with Crippen LogP contribution >= 0.6 is 11.6 Å². The van der Waals surface area contributed by atoms with Crippen LogP contribution in [0.3, 0.4) is 0 Å². The van der Waals surface area contributed by atoms with Gasteiger partial charge in [0.2, 0.25) is 0 Å². The number of rotatable bonds is 4. The first-order valence-electron chi connectivity index (χ1n) is 6.09. The molecule has 0 unspecified atom stereocenters. The van der Waals surface area contributed by atoms with Gasteiger partial charge in [-0.05, 0) is 31.5 Å². The molecule has 2 rings (SSSR count). The standard InChI is InChI=1S/C14H15ClFN3/c1-3-19(9-11-5-4-6-12(16)7-11)14-8-13(15)17-10(2)18-14/h4-8H,3,9H2,1-2H3. The molecule has 0 bridgehead atoms. The molecule has 1 aromatic heterocycles. The van der Waals surface area contributed by atoms with Gasteiger partial charge < -0.3 is 4.90 Å². The minimum Gasteiger partial charge on any atom is -0.352 e. The maximum atomic E-state index is 13.2. The van der Waals surface area contributed by atoms with E-state index in [0.29, 0.717) is 17.5 Å². The molecule has 0 aliphatic rings. The number of hydrogen-bond donors (Lipinski definition) is 0. The van der Waals surface area contributed by atoms with Gasteiger partial charge in [0.25, 0.3) is 0 Å². The fourth-order valence-corrected chi connectivity index (χ4v) is 2.11. The molecule has 0 spiro atoms. The van der Waals surface area contributed by atoms with Gasteiger partial charge in [0.1, 0.15) is 22.6 Å². The van der Waals surface area contributed by atoms with E-state index >= 15 is 0 Å². The molecule has 0 N–H and O–H groups in total. The van der Waals surface area contributed by atoms with E-state index in [4.69, 9.17) is 11.6 Å². The summed E-state index contributed by atoms with van der Waals surface area (Å²) in [6, 6.07) is 8.28. The van der Waals surface area contributed by atoms with Crippen LogP contribution in [-0.2, 0) is 6.54 Å². The van der Waals surface area contributed by atoms with Crippen molar-refractivity contribution >= 4 is 17.4 Å². The summed E-state index contributed by atoms with van der Waals surface area (Å²) in [5.41, 5.74) is 0.897. The zero-order valence-corrected chi connectivity index (χ0v) is 11.7. The maximum absolute atomic E-state index is 13.2. The number of aromatic nitrogens is 2. The van der Waals surface area contributed by atoms with Gasteiger partial charge in [0, 0.05) is 19.2 Å². The van der Waals surface area contributed by atoms with Crippen LogP contribution in [0.4, 0.5) is 10.2 Å². The molecular formula is C14H15ClFN3. The van der Waals surface area contributed by atoms with Crippen molar-refractivity contribution in [3.05, 3.63) is 52.7 Å². The minimum absolute atomic E-state index is 0.231. The Kier molecular flexibility index (Phi) is 4.32. The molecule has 0 aliphatic heterocycles. The van der Waals surface area contributed by atoms with Crippen molar-refractivity contribution in [2.24, 2.45) is 0 Å². The molecule has 0 radical (unpaired) electrons. The molecule has 0 aliphatic carbocycles. The SMILES string of the molecule is CCN(Cc1cccc(F)c1)c1cc(Cl)nc(C)n1. The highest BCUT2D eigenvalue weighted by atomic mass is 35.5. The van der Waals surface area contributed by atoms with Crippen molar-refractivity contribution in [2.75, 3.05) is 11.4 Å². The van der Waals surface area contributed by atoms with Crippen molar-refractivity contribution < 1.29 is 4.39 Å². The number of halogens is 2. The predicted octanol–water partition coefficient (Wildman–Crippen LogP) is 3.60. The average Bonchev–Trinajstić information content (AvgIpc) is 2.34. The van der Waals surface area contributed by atoms with E-state index in [1.165, 1.54) is 12.1 Å². The number of anilines is 1. The Hall–Kier alpha value is -1.68. The van der Waals surface area contributed by atoms with Crippen molar-refractivity contribution in [3.8, 4) is 0 Å². The Morgan fingerprint density at radius 1 is 1.26 bits per heavy atom. The van der Waals surface area contributed by atoms with E-state index in [1.807, 2.05) is 17.9 Å². The average molecular weight is 280 g/mol. The lowest BCUT2D eigenvalue weighted by atomic mass is 10.2. The Bertz CT molecular complexity index is 554. The molecule has 3 nitrogen and oxygen atoms in total. The van der Waals surface area contributed by atoms with E-state index in [-0.39, 0.29) is 5.82 Å². The zero-order chi connectivity index (χ0) is 13.8. The summed E-state index contributed by atoms with van der Waals surface area (Å²) in [7, 11) is 0. The molecule has 0 saturated carbocycles. The van der Waals surface area contributed by atoms with E-state index in [2.05, 4.69) is 9.97 Å². The Labute approximate surface area is 117 Å². The summed E-state index contributed by atoms with van der Waals surface area (Å²) in [4.78, 5) is 10.4. The highest BCUT2D eigenvalue weighted by molar-refractivity contribution is 6.29. The summed E-state index contributed by atoms with van der Waals surface area (Å²) in [5, 5.41) is 0.417. The second-order valence-electron chi connectivity index (χ2n) is 4.24. The smallest absolute Gasteiger partial charge is 0.134 e. The summed E-state index contributed by atoms with van der Waals surface area (Å²) >= 11 is 5.94. The summed E-state index contributed by atoms with van der Waals surface area (Å²) in [6.45, 7) is 5.15. The Morgan fingerprint density at radius 2 is 2.05 bits per heavy atom. The molecule has 1 aromatic carbocycles. The molecule has 5 heteroatoms. The number of aryl methyl sites for hydroxylation is 1. The quantitative estimate of drug-likeness (QED) is 0.801.